The number of aryl methyl sites for hydroxylation is 3. The monoisotopic (exact) mass is 433 g/mol. The van der Waals surface area contributed by atoms with Gasteiger partial charge in [-0.2, -0.15) is 0 Å². The number of likely N-dealkylation sites (tertiary alicyclic amines) is 1. The minimum atomic E-state index is -0.219. The summed E-state index contributed by atoms with van der Waals surface area (Å²) in [5, 5.41) is 7.10. The molecule has 0 radical (unpaired) electrons. The highest BCUT2D eigenvalue weighted by Crippen LogP contribution is 2.29. The number of carbonyl (C=O) groups excluding carboxylic acids is 1. The number of nitrogens with one attached hydrogen (secondary N) is 1. The van der Waals surface area contributed by atoms with Crippen molar-refractivity contribution in [2.45, 2.75) is 57.9 Å². The maximum Gasteiger partial charge on any atom is 0.273 e. The van der Waals surface area contributed by atoms with Gasteiger partial charge in [0.1, 0.15) is 11.5 Å². The minimum absolute atomic E-state index is 0.0277. The molecule has 2 aliphatic rings. The van der Waals surface area contributed by atoms with Gasteiger partial charge in [-0.15, -0.1) is 0 Å². The van der Waals surface area contributed by atoms with E-state index in [1.54, 1.807) is 6.07 Å². The van der Waals surface area contributed by atoms with Gasteiger partial charge in [-0.25, -0.2) is 0 Å². The maximum atomic E-state index is 12.9. The first-order valence-corrected chi connectivity index (χ1v) is 11.8. The largest absolute Gasteiger partial charge is 0.465 e. The Bertz CT molecular complexity index is 1080. The summed E-state index contributed by atoms with van der Waals surface area (Å²) in [6.45, 7) is 4.47. The molecule has 0 unspecified atom stereocenters. The molecule has 2 aromatic heterocycles. The first kappa shape index (κ1) is 21.0. The molecule has 1 aromatic carbocycles. The van der Waals surface area contributed by atoms with Crippen molar-refractivity contribution < 1.29 is 13.7 Å². The van der Waals surface area contributed by atoms with Crippen LogP contribution < -0.4 is 5.32 Å². The lowest BCUT2D eigenvalue weighted by Gasteiger charge is -2.33. The number of hydrogen-bond acceptors (Lipinski definition) is 5. The van der Waals surface area contributed by atoms with Crippen molar-refractivity contribution in [1.82, 2.24) is 15.4 Å². The second-order valence-corrected chi connectivity index (χ2v) is 9.04. The number of nitrogens with zero attached hydrogens (tertiary/aromatic N) is 2. The van der Waals surface area contributed by atoms with Gasteiger partial charge in [0, 0.05) is 18.2 Å². The van der Waals surface area contributed by atoms with E-state index in [1.807, 2.05) is 19.1 Å². The molecule has 6 heteroatoms. The summed E-state index contributed by atoms with van der Waals surface area (Å²) in [5.74, 6) is 2.21. The summed E-state index contributed by atoms with van der Waals surface area (Å²) >= 11 is 0. The van der Waals surface area contributed by atoms with Gasteiger partial charge in [0.25, 0.3) is 5.91 Å². The Morgan fingerprint density at radius 1 is 1.03 bits per heavy atom. The Labute approximate surface area is 189 Å². The molecule has 3 heterocycles. The van der Waals surface area contributed by atoms with E-state index in [1.165, 1.54) is 43.2 Å². The van der Waals surface area contributed by atoms with Crippen LogP contribution in [0.3, 0.4) is 0 Å². The molecule has 1 N–H and O–H groups in total. The van der Waals surface area contributed by atoms with Gasteiger partial charge in [0.05, 0.1) is 6.04 Å². The Hall–Kier alpha value is -2.86. The third kappa shape index (κ3) is 4.51. The van der Waals surface area contributed by atoms with Crippen LogP contribution in [0.15, 0.2) is 45.3 Å². The van der Waals surface area contributed by atoms with E-state index in [9.17, 15) is 4.79 Å². The average molecular weight is 434 g/mol. The van der Waals surface area contributed by atoms with Crippen molar-refractivity contribution in [3.63, 3.8) is 0 Å². The highest BCUT2D eigenvalue weighted by atomic mass is 16.5. The summed E-state index contributed by atoms with van der Waals surface area (Å²) in [5.41, 5.74) is 4.10. The smallest absolute Gasteiger partial charge is 0.273 e. The molecule has 32 heavy (non-hydrogen) atoms. The Morgan fingerprint density at radius 2 is 1.84 bits per heavy atom. The molecule has 6 nitrogen and oxygen atoms in total. The number of rotatable bonds is 6. The van der Waals surface area contributed by atoms with E-state index in [4.69, 9.17) is 8.94 Å². The zero-order valence-corrected chi connectivity index (χ0v) is 18.7. The van der Waals surface area contributed by atoms with Gasteiger partial charge in [-0.1, -0.05) is 23.7 Å². The molecular weight excluding hydrogens is 402 g/mol. The van der Waals surface area contributed by atoms with Crippen molar-refractivity contribution in [3.8, 4) is 11.3 Å². The van der Waals surface area contributed by atoms with Gasteiger partial charge in [-0.3, -0.25) is 9.69 Å². The summed E-state index contributed by atoms with van der Waals surface area (Å²) in [7, 11) is 0. The predicted molar refractivity (Wildman–Crippen MR) is 123 cm³/mol. The number of carbonyl (C=O) groups is 1. The van der Waals surface area contributed by atoms with Crippen molar-refractivity contribution in [2.75, 3.05) is 19.6 Å². The fourth-order valence-corrected chi connectivity index (χ4v) is 4.96. The van der Waals surface area contributed by atoms with Crippen molar-refractivity contribution >= 4 is 5.91 Å². The van der Waals surface area contributed by atoms with Gasteiger partial charge >= 0.3 is 0 Å². The van der Waals surface area contributed by atoms with Gasteiger partial charge in [-0.05, 0) is 87.9 Å². The second-order valence-electron chi connectivity index (χ2n) is 9.04. The zero-order valence-electron chi connectivity index (χ0n) is 18.7. The molecule has 1 saturated heterocycles. The first-order chi connectivity index (χ1) is 15.7. The SMILES string of the molecule is Cc1ccc([C@H](CNC(=O)c2cc(-c3ccc4c(c3)CCCC4)on2)N2CCCCC2)o1. The molecule has 0 spiro atoms. The lowest BCUT2D eigenvalue weighted by atomic mass is 9.90. The van der Waals surface area contributed by atoms with Crippen LogP contribution >= 0.6 is 0 Å². The van der Waals surface area contributed by atoms with Crippen LogP contribution in [-0.2, 0) is 12.8 Å². The molecule has 1 aliphatic heterocycles. The van der Waals surface area contributed by atoms with Gasteiger partial charge in [0.15, 0.2) is 11.5 Å². The molecule has 0 saturated carbocycles. The summed E-state index contributed by atoms with van der Waals surface area (Å²) in [6, 6.07) is 12.2. The standard InChI is InChI=1S/C26H31N3O3/c1-18-9-12-24(31-18)23(29-13-5-2-6-14-29)17-27-26(30)22-16-25(32-28-22)21-11-10-19-7-3-4-8-20(19)15-21/h9-12,15-16,23H,2-8,13-14,17H2,1H3,(H,27,30)/t23-/m0/s1. The number of hydrogen-bond donors (Lipinski definition) is 1. The molecule has 168 valence electrons. The third-order valence-corrected chi connectivity index (χ3v) is 6.75. The fraction of sp³-hybridized carbons (Fsp3) is 0.462. The molecule has 1 aliphatic carbocycles. The number of benzene rings is 1. The molecule has 1 atom stereocenters. The van der Waals surface area contributed by atoms with Crippen molar-refractivity contribution in [1.29, 1.82) is 0 Å². The molecule has 5 rings (SSSR count). The van der Waals surface area contributed by atoms with Crippen LogP contribution in [-0.4, -0.2) is 35.6 Å². The highest BCUT2D eigenvalue weighted by Gasteiger charge is 2.26. The Balaban J connectivity index is 1.28. The summed E-state index contributed by atoms with van der Waals surface area (Å²) in [4.78, 5) is 15.3. The first-order valence-electron chi connectivity index (χ1n) is 11.8. The van der Waals surface area contributed by atoms with E-state index in [0.29, 0.717) is 18.0 Å². The molecular formula is C26H31N3O3. The molecule has 0 bridgehead atoms. The minimum Gasteiger partial charge on any atom is -0.465 e. The normalized spacial score (nSPS) is 17.7. The number of aromatic nitrogens is 1. The van der Waals surface area contributed by atoms with Crippen LogP contribution in [0.1, 0.15) is 71.3 Å². The van der Waals surface area contributed by atoms with E-state index < -0.39 is 0 Å². The lowest BCUT2D eigenvalue weighted by molar-refractivity contribution is 0.0905. The van der Waals surface area contributed by atoms with Crippen LogP contribution in [0.4, 0.5) is 0 Å². The quantitative estimate of drug-likeness (QED) is 0.587. The van der Waals surface area contributed by atoms with Gasteiger partial charge in [0.2, 0.25) is 0 Å². The van der Waals surface area contributed by atoms with E-state index in [-0.39, 0.29) is 11.9 Å². The van der Waals surface area contributed by atoms with Crippen LogP contribution in [0.5, 0.6) is 0 Å². The van der Waals surface area contributed by atoms with E-state index >= 15 is 0 Å². The number of fused-ring (bicyclic) bond motifs is 1. The topological polar surface area (TPSA) is 71.5 Å². The Kier molecular flexibility index (Phi) is 6.12. The maximum absolute atomic E-state index is 12.9. The molecule has 1 fully saturated rings. The second kappa shape index (κ2) is 9.33. The van der Waals surface area contributed by atoms with E-state index in [0.717, 1.165) is 43.0 Å². The van der Waals surface area contributed by atoms with E-state index in [2.05, 4.69) is 33.6 Å². The lowest BCUT2D eigenvalue weighted by Crippen LogP contribution is -2.40. The number of furan rings is 1. The predicted octanol–water partition coefficient (Wildman–Crippen LogP) is 5.08. The zero-order chi connectivity index (χ0) is 21.9. The number of piperidine rings is 1. The summed E-state index contributed by atoms with van der Waals surface area (Å²) in [6.07, 6.45) is 8.36. The van der Waals surface area contributed by atoms with Crippen LogP contribution in [0, 0.1) is 6.92 Å². The molecule has 3 aromatic rings. The van der Waals surface area contributed by atoms with Crippen molar-refractivity contribution in [2.24, 2.45) is 0 Å². The summed E-state index contributed by atoms with van der Waals surface area (Å²) < 4.78 is 11.5. The third-order valence-electron chi connectivity index (χ3n) is 6.75. The number of amides is 1. The average Bonchev–Trinajstić information content (AvgIpc) is 3.49. The van der Waals surface area contributed by atoms with Gasteiger partial charge < -0.3 is 14.3 Å². The highest BCUT2D eigenvalue weighted by molar-refractivity contribution is 5.93. The van der Waals surface area contributed by atoms with Crippen molar-refractivity contribution in [3.05, 3.63) is 64.7 Å². The fourth-order valence-electron chi connectivity index (χ4n) is 4.96. The van der Waals surface area contributed by atoms with Crippen LogP contribution in [0.25, 0.3) is 11.3 Å². The van der Waals surface area contributed by atoms with Crippen LogP contribution in [0.2, 0.25) is 0 Å². The Morgan fingerprint density at radius 3 is 2.62 bits per heavy atom. The molecule has 1 amide bonds.